The molecule has 0 bridgehead atoms. The van der Waals surface area contributed by atoms with E-state index in [-0.39, 0.29) is 11.7 Å². The van der Waals surface area contributed by atoms with E-state index in [2.05, 4.69) is 34.7 Å². The average molecular weight is 571 g/mol. The molecule has 0 fully saturated rings. The molecule has 0 N–H and O–H groups in total. The Hall–Kier alpha value is -2.48. The molecule has 0 saturated heterocycles. The van der Waals surface area contributed by atoms with Gasteiger partial charge in [-0.3, -0.25) is 0 Å². The molecule has 0 amide bonds. The molecule has 3 aliphatic heterocycles. The van der Waals surface area contributed by atoms with Gasteiger partial charge in [0.15, 0.2) is 0 Å². The van der Waals surface area contributed by atoms with Crippen LogP contribution in [0, 0.1) is 0 Å². The Morgan fingerprint density at radius 1 is 0.912 bits per heavy atom. The van der Waals surface area contributed by atoms with Crippen molar-refractivity contribution in [3.63, 3.8) is 0 Å². The van der Waals surface area contributed by atoms with Gasteiger partial charge in [-0.2, -0.15) is 0 Å². The van der Waals surface area contributed by atoms with Gasteiger partial charge in [0, 0.05) is 0 Å². The Bertz CT molecular complexity index is 1230. The van der Waals surface area contributed by atoms with Gasteiger partial charge in [0.25, 0.3) is 0 Å². The number of methoxy groups -OCH3 is 3. The van der Waals surface area contributed by atoms with Gasteiger partial charge < -0.3 is 0 Å². The summed E-state index contributed by atoms with van der Waals surface area (Å²) in [6.45, 7) is 4.70. The minimum atomic E-state index is -2.46. The predicted molar refractivity (Wildman–Crippen MR) is 136 cm³/mol. The number of hydrogen-bond acceptors (Lipinski definition) is 6. The first-order chi connectivity index (χ1) is 16.1. The fourth-order valence-electron chi connectivity index (χ4n) is 5.36. The average Bonchev–Trinajstić information content (AvgIpc) is 2.79. The Morgan fingerprint density at radius 2 is 1.62 bits per heavy atom. The first kappa shape index (κ1) is 23.3. The van der Waals surface area contributed by atoms with E-state index in [9.17, 15) is 0 Å². The van der Waals surface area contributed by atoms with Crippen molar-refractivity contribution < 1.29 is 28.4 Å². The third-order valence-corrected chi connectivity index (χ3v) is 13.5. The molecule has 0 aliphatic carbocycles. The molecule has 5 rings (SSSR count). The zero-order chi connectivity index (χ0) is 24.4. The molecule has 0 aromatic heterocycles. The van der Waals surface area contributed by atoms with Crippen molar-refractivity contribution in [2.75, 3.05) is 27.9 Å². The van der Waals surface area contributed by atoms with Gasteiger partial charge in [-0.15, -0.1) is 0 Å². The molecular weight excluding hydrogens is 539 g/mol. The third-order valence-electron chi connectivity index (χ3n) is 6.71. The zero-order valence-electron chi connectivity index (χ0n) is 21.1. The maximum atomic E-state index is 6.65. The summed E-state index contributed by atoms with van der Waals surface area (Å²) in [5.74, 6) is 4.38. The van der Waals surface area contributed by atoms with Crippen LogP contribution in [0.1, 0.15) is 30.5 Å². The van der Waals surface area contributed by atoms with Crippen molar-refractivity contribution in [2.45, 2.75) is 40.4 Å². The van der Waals surface area contributed by atoms with E-state index in [1.54, 1.807) is 21.3 Å². The molecule has 2 aromatic carbocycles. The molecule has 3 aliphatic rings. The third kappa shape index (κ3) is 3.53. The summed E-state index contributed by atoms with van der Waals surface area (Å²) in [5, 5.41) is 0. The van der Waals surface area contributed by atoms with E-state index in [0.29, 0.717) is 18.1 Å². The molecule has 180 valence electrons. The quantitative estimate of drug-likeness (QED) is 0.433. The molecule has 2 aromatic rings. The van der Waals surface area contributed by atoms with Crippen LogP contribution in [0.5, 0.6) is 28.7 Å². The Morgan fingerprint density at radius 3 is 2.26 bits per heavy atom. The van der Waals surface area contributed by atoms with Crippen molar-refractivity contribution >= 4 is 35.8 Å². The summed E-state index contributed by atoms with van der Waals surface area (Å²) in [7, 11) is 4.95. The second-order valence-electron chi connectivity index (χ2n) is 10.3. The monoisotopic (exact) mass is 572 g/mol. The van der Waals surface area contributed by atoms with Crippen LogP contribution in [-0.2, 0) is 4.74 Å². The van der Waals surface area contributed by atoms with E-state index < -0.39 is 18.4 Å². The first-order valence-corrected chi connectivity index (χ1v) is 21.5. The fourth-order valence-corrected chi connectivity index (χ4v) is 12.3. The summed E-state index contributed by atoms with van der Waals surface area (Å²) < 4.78 is 37.7. The van der Waals surface area contributed by atoms with Crippen LogP contribution in [0.25, 0.3) is 17.4 Å². The zero-order valence-corrected chi connectivity index (χ0v) is 24.0. The number of ether oxygens (including phenoxy) is 6. The number of fused-ring (bicyclic) bond motifs is 6. The number of benzene rings is 2. The summed E-state index contributed by atoms with van der Waals surface area (Å²) in [6.07, 6.45) is 2.00. The van der Waals surface area contributed by atoms with Crippen molar-refractivity contribution in [2.24, 2.45) is 0 Å². The Balaban J connectivity index is 1.73. The number of rotatable bonds is 4. The van der Waals surface area contributed by atoms with E-state index >= 15 is 0 Å². The van der Waals surface area contributed by atoms with Crippen molar-refractivity contribution in [3.05, 3.63) is 44.5 Å². The van der Waals surface area contributed by atoms with Gasteiger partial charge in [-0.25, -0.2) is 0 Å². The fraction of sp³-hybridized carbons (Fsp3) is 0.407. The number of hydrogen-bond donors (Lipinski definition) is 0. The van der Waals surface area contributed by atoms with Gasteiger partial charge in [0.1, 0.15) is 0 Å². The standard InChI is InChI=1S/C24H23O6.3CH3.Sn/c1-24(2)9-8-13-16(30-24)7-6-14-22(13)29-20-12-28-17-11-19(26-4)18(25-3)10-15(17)21(20)23(14)27-5;;;;/h6-8,10-11,20H,12H2,1-5H3;3*1H3;/t20-;;;;/m1..../s1. The van der Waals surface area contributed by atoms with E-state index in [1.807, 2.05) is 24.3 Å². The van der Waals surface area contributed by atoms with E-state index in [4.69, 9.17) is 28.4 Å². The molecule has 0 unspecified atom stereocenters. The van der Waals surface area contributed by atoms with E-state index in [1.165, 1.54) is 3.59 Å². The van der Waals surface area contributed by atoms with Crippen LogP contribution in [0.15, 0.2) is 27.9 Å². The second-order valence-corrected chi connectivity index (χ2v) is 24.7. The summed E-state index contributed by atoms with van der Waals surface area (Å²) >= 11 is -2.46. The van der Waals surface area contributed by atoms with E-state index in [0.717, 1.165) is 45.3 Å². The molecule has 0 spiro atoms. The van der Waals surface area contributed by atoms with Crippen LogP contribution in [0.2, 0.25) is 14.8 Å². The van der Waals surface area contributed by atoms with Gasteiger partial charge in [-0.05, 0) is 0 Å². The van der Waals surface area contributed by atoms with Crippen molar-refractivity contribution in [1.82, 2.24) is 0 Å². The molecule has 1 atom stereocenters. The van der Waals surface area contributed by atoms with Crippen LogP contribution < -0.4 is 23.7 Å². The van der Waals surface area contributed by atoms with Crippen molar-refractivity contribution in [1.29, 1.82) is 0 Å². The molecule has 6 nitrogen and oxygen atoms in total. The molecule has 34 heavy (non-hydrogen) atoms. The Labute approximate surface area is 205 Å². The summed E-state index contributed by atoms with van der Waals surface area (Å²) in [6, 6.07) is 7.84. The normalized spacial score (nSPS) is 19.8. The predicted octanol–water partition coefficient (Wildman–Crippen LogP) is 5.80. The van der Waals surface area contributed by atoms with Gasteiger partial charge in [0.05, 0.1) is 7.11 Å². The van der Waals surface area contributed by atoms with Crippen LogP contribution in [-0.4, -0.2) is 58.0 Å². The molecule has 7 heteroatoms. The summed E-state index contributed by atoms with van der Waals surface area (Å²) in [5.41, 5.74) is 3.42. The maximum absolute atomic E-state index is 6.65. The molecule has 0 saturated carbocycles. The Kier molecular flexibility index (Phi) is 5.50. The molecule has 0 radical (unpaired) electrons. The minimum absolute atomic E-state index is 0.315. The second kappa shape index (κ2) is 8.04. The summed E-state index contributed by atoms with van der Waals surface area (Å²) in [4.78, 5) is 7.25. The SMILES string of the molecule is COC1=C2c3cc(OC)c(OC)cc3OC[C@H]2Oc2c1ccc1c2C=[C]([Sn]([CH3])([CH3])[CH3])C(C)(C)O1. The topological polar surface area (TPSA) is 55.4 Å². The first-order valence-electron chi connectivity index (χ1n) is 11.5. The molecule has 3 heterocycles. The van der Waals surface area contributed by atoms with Gasteiger partial charge >= 0.3 is 199 Å². The van der Waals surface area contributed by atoms with Gasteiger partial charge in [0.2, 0.25) is 0 Å². The van der Waals surface area contributed by atoms with Crippen LogP contribution in [0.4, 0.5) is 0 Å². The van der Waals surface area contributed by atoms with Gasteiger partial charge in [-0.1, -0.05) is 0 Å². The van der Waals surface area contributed by atoms with Crippen LogP contribution in [0.3, 0.4) is 0 Å². The van der Waals surface area contributed by atoms with Crippen LogP contribution >= 0.6 is 0 Å². The molecular formula is C27H32O6Sn. The van der Waals surface area contributed by atoms with Crippen molar-refractivity contribution in [3.8, 4) is 28.7 Å².